The van der Waals surface area contributed by atoms with Gasteiger partial charge in [0.1, 0.15) is 0 Å². The molecule has 6 heteroatoms. The molecule has 0 aromatic rings. The average Bonchev–Trinajstić information content (AvgIpc) is 2.76. The Morgan fingerprint density at radius 2 is 2.17 bits per heavy atom. The molecule has 18 heavy (non-hydrogen) atoms. The zero-order valence-electron chi connectivity index (χ0n) is 11.2. The quantitative estimate of drug-likeness (QED) is 0.689. The second-order valence-electron chi connectivity index (χ2n) is 5.69. The molecule has 1 aliphatic rings. The highest BCUT2D eigenvalue weighted by atomic mass is 79.9. The molecule has 1 saturated heterocycles. The summed E-state index contributed by atoms with van der Waals surface area (Å²) in [6, 6.07) is 0. The predicted molar refractivity (Wildman–Crippen MR) is 77.6 cm³/mol. The number of halogens is 1. The number of rotatable bonds is 8. The summed E-state index contributed by atoms with van der Waals surface area (Å²) in [4.78, 5) is 0. The van der Waals surface area contributed by atoms with Crippen LogP contribution in [0.5, 0.6) is 0 Å². The Morgan fingerprint density at radius 1 is 1.44 bits per heavy atom. The number of nitrogens with one attached hydrogen (secondary N) is 1. The largest absolute Gasteiger partial charge is 0.377 e. The first kappa shape index (κ1) is 16.4. The predicted octanol–water partition coefficient (Wildman–Crippen LogP) is 2.29. The lowest BCUT2D eigenvalue weighted by molar-refractivity contribution is 0.127. The van der Waals surface area contributed by atoms with Crippen LogP contribution in [-0.4, -0.2) is 38.8 Å². The Bertz CT molecular complexity index is 337. The van der Waals surface area contributed by atoms with Gasteiger partial charge in [-0.15, -0.1) is 0 Å². The molecule has 0 aliphatic carbocycles. The van der Waals surface area contributed by atoms with Crippen molar-refractivity contribution in [1.29, 1.82) is 0 Å². The molecule has 0 bridgehead atoms. The number of hydrogen-bond acceptors (Lipinski definition) is 3. The highest BCUT2D eigenvalue weighted by Crippen LogP contribution is 2.22. The fraction of sp³-hybridized carbons (Fsp3) is 1.00. The molecule has 1 rings (SSSR count). The third kappa shape index (κ3) is 6.50. The van der Waals surface area contributed by atoms with Crippen molar-refractivity contribution >= 4 is 26.0 Å². The molecule has 1 atom stereocenters. The van der Waals surface area contributed by atoms with Crippen molar-refractivity contribution in [2.45, 2.75) is 45.6 Å². The van der Waals surface area contributed by atoms with E-state index in [0.717, 1.165) is 31.0 Å². The first-order valence-corrected chi connectivity index (χ1v) is 9.27. The molecule has 1 unspecified atom stereocenters. The minimum atomic E-state index is -3.21. The summed E-state index contributed by atoms with van der Waals surface area (Å²) in [5.74, 6) is 0.0987. The standard InChI is InChI=1S/C12H24BrNO3S/c1-12(2,6-4-7-13)10-14-18(15,16)9-11-5-3-8-17-11/h11,14H,3-10H2,1-2H3. The molecule has 108 valence electrons. The summed E-state index contributed by atoms with van der Waals surface area (Å²) in [7, 11) is -3.21. The van der Waals surface area contributed by atoms with Gasteiger partial charge in [0, 0.05) is 18.5 Å². The maximum atomic E-state index is 11.9. The van der Waals surface area contributed by atoms with Gasteiger partial charge in [0.05, 0.1) is 11.9 Å². The maximum Gasteiger partial charge on any atom is 0.214 e. The summed E-state index contributed by atoms with van der Waals surface area (Å²) in [6.07, 6.45) is 3.76. The van der Waals surface area contributed by atoms with Crippen molar-refractivity contribution in [3.63, 3.8) is 0 Å². The van der Waals surface area contributed by atoms with Crippen LogP contribution in [0.4, 0.5) is 0 Å². The molecule has 0 saturated carbocycles. The van der Waals surface area contributed by atoms with Crippen LogP contribution < -0.4 is 4.72 Å². The van der Waals surface area contributed by atoms with Crippen LogP contribution in [-0.2, 0) is 14.8 Å². The van der Waals surface area contributed by atoms with Gasteiger partial charge in [-0.05, 0) is 31.1 Å². The number of ether oxygens (including phenoxy) is 1. The molecule has 0 spiro atoms. The van der Waals surface area contributed by atoms with Crippen LogP contribution >= 0.6 is 15.9 Å². The SMILES string of the molecule is CC(C)(CCCBr)CNS(=O)(=O)CC1CCCO1. The zero-order chi connectivity index (χ0) is 13.6. The minimum absolute atomic E-state index is 0.00261. The lowest BCUT2D eigenvalue weighted by atomic mass is 9.88. The number of hydrogen-bond donors (Lipinski definition) is 1. The first-order valence-electron chi connectivity index (χ1n) is 6.49. The van der Waals surface area contributed by atoms with Gasteiger partial charge in [-0.25, -0.2) is 13.1 Å². The Hall–Kier alpha value is 0.350. The molecular formula is C12H24BrNO3S. The van der Waals surface area contributed by atoms with Crippen LogP contribution in [0, 0.1) is 5.41 Å². The third-order valence-corrected chi connectivity index (χ3v) is 5.14. The van der Waals surface area contributed by atoms with Crippen LogP contribution in [0.1, 0.15) is 39.5 Å². The van der Waals surface area contributed by atoms with Gasteiger partial charge in [-0.3, -0.25) is 0 Å². The summed E-state index contributed by atoms with van der Waals surface area (Å²) >= 11 is 3.40. The van der Waals surface area contributed by atoms with Gasteiger partial charge >= 0.3 is 0 Å². The van der Waals surface area contributed by atoms with Gasteiger partial charge < -0.3 is 4.74 Å². The molecule has 0 radical (unpaired) electrons. The highest BCUT2D eigenvalue weighted by Gasteiger charge is 2.25. The van der Waals surface area contributed by atoms with E-state index in [2.05, 4.69) is 34.5 Å². The zero-order valence-corrected chi connectivity index (χ0v) is 13.6. The van der Waals surface area contributed by atoms with Crippen molar-refractivity contribution in [2.75, 3.05) is 24.2 Å². The lowest BCUT2D eigenvalue weighted by Gasteiger charge is -2.25. The van der Waals surface area contributed by atoms with Gasteiger partial charge in [0.15, 0.2) is 0 Å². The molecule has 1 fully saturated rings. The molecule has 4 nitrogen and oxygen atoms in total. The third-order valence-electron chi connectivity index (χ3n) is 3.19. The first-order chi connectivity index (χ1) is 8.35. The van der Waals surface area contributed by atoms with Crippen LogP contribution in [0.25, 0.3) is 0 Å². The smallest absolute Gasteiger partial charge is 0.214 e. The normalized spacial score (nSPS) is 21.4. The lowest BCUT2D eigenvalue weighted by Crippen LogP contribution is -2.38. The van der Waals surface area contributed by atoms with Crippen LogP contribution in [0.3, 0.4) is 0 Å². The summed E-state index contributed by atoms with van der Waals surface area (Å²) in [5.41, 5.74) is -0.00261. The van der Waals surface area contributed by atoms with Crippen molar-refractivity contribution in [3.8, 4) is 0 Å². The van der Waals surface area contributed by atoms with E-state index in [9.17, 15) is 8.42 Å². The maximum absolute atomic E-state index is 11.9. The topological polar surface area (TPSA) is 55.4 Å². The summed E-state index contributed by atoms with van der Waals surface area (Å²) in [5, 5.41) is 0.957. The molecule has 0 aromatic heterocycles. The Morgan fingerprint density at radius 3 is 2.72 bits per heavy atom. The Kier molecular flexibility index (Phi) is 6.58. The highest BCUT2D eigenvalue weighted by molar-refractivity contribution is 9.09. The molecular weight excluding hydrogens is 318 g/mol. The molecule has 1 heterocycles. The Balaban J connectivity index is 2.35. The number of alkyl halides is 1. The monoisotopic (exact) mass is 341 g/mol. The second-order valence-corrected chi connectivity index (χ2v) is 8.34. The van der Waals surface area contributed by atoms with Crippen LogP contribution in [0.15, 0.2) is 0 Å². The summed E-state index contributed by atoms with van der Waals surface area (Å²) < 4.78 is 31.9. The molecule has 0 aromatic carbocycles. The fourth-order valence-corrected chi connectivity index (χ4v) is 3.78. The van der Waals surface area contributed by atoms with Crippen molar-refractivity contribution in [1.82, 2.24) is 4.72 Å². The van der Waals surface area contributed by atoms with Crippen molar-refractivity contribution in [2.24, 2.45) is 5.41 Å². The minimum Gasteiger partial charge on any atom is -0.377 e. The fourth-order valence-electron chi connectivity index (χ4n) is 2.02. The van der Waals surface area contributed by atoms with Gasteiger partial charge in [0.2, 0.25) is 10.0 Å². The van der Waals surface area contributed by atoms with E-state index in [1.807, 2.05) is 0 Å². The van der Waals surface area contributed by atoms with Crippen molar-refractivity contribution in [3.05, 3.63) is 0 Å². The van der Waals surface area contributed by atoms with Crippen LogP contribution in [0.2, 0.25) is 0 Å². The van der Waals surface area contributed by atoms with Gasteiger partial charge in [-0.1, -0.05) is 29.8 Å². The van der Waals surface area contributed by atoms with E-state index in [-0.39, 0.29) is 17.3 Å². The van der Waals surface area contributed by atoms with E-state index in [4.69, 9.17) is 4.74 Å². The van der Waals surface area contributed by atoms with Gasteiger partial charge in [0.25, 0.3) is 0 Å². The van der Waals surface area contributed by atoms with E-state index >= 15 is 0 Å². The van der Waals surface area contributed by atoms with Gasteiger partial charge in [-0.2, -0.15) is 0 Å². The van der Waals surface area contributed by atoms with Crippen molar-refractivity contribution < 1.29 is 13.2 Å². The molecule has 1 aliphatic heterocycles. The number of sulfonamides is 1. The van der Waals surface area contributed by atoms with E-state index in [1.54, 1.807) is 0 Å². The molecule has 1 N–H and O–H groups in total. The van der Waals surface area contributed by atoms with E-state index in [1.165, 1.54) is 0 Å². The van der Waals surface area contributed by atoms with E-state index in [0.29, 0.717) is 13.2 Å². The summed E-state index contributed by atoms with van der Waals surface area (Å²) in [6.45, 7) is 5.36. The average molecular weight is 342 g/mol. The van der Waals surface area contributed by atoms with E-state index < -0.39 is 10.0 Å². The Labute approximate surface area is 119 Å². The molecule has 0 amide bonds. The second kappa shape index (κ2) is 7.22.